The van der Waals surface area contributed by atoms with Gasteiger partial charge in [0.05, 0.1) is 17.6 Å². The highest BCUT2D eigenvalue weighted by molar-refractivity contribution is 7.89. The molecule has 20 heavy (non-hydrogen) atoms. The summed E-state index contributed by atoms with van der Waals surface area (Å²) in [6.07, 6.45) is 1.29. The second-order valence-corrected chi connectivity index (χ2v) is 5.65. The number of halogens is 1. The van der Waals surface area contributed by atoms with Crippen LogP contribution in [0.3, 0.4) is 0 Å². The lowest BCUT2D eigenvalue weighted by atomic mass is 10.3. The van der Waals surface area contributed by atoms with Gasteiger partial charge < -0.3 is 5.11 Å². The first kappa shape index (κ1) is 16.2. The van der Waals surface area contributed by atoms with Crippen LogP contribution in [0.1, 0.15) is 0 Å². The van der Waals surface area contributed by atoms with Crippen molar-refractivity contribution < 1.29 is 22.8 Å². The average molecular weight is 304 g/mol. The molecule has 110 valence electrons. The van der Waals surface area contributed by atoms with Gasteiger partial charge in [0.1, 0.15) is 10.7 Å². The first-order valence-corrected chi connectivity index (χ1v) is 6.94. The van der Waals surface area contributed by atoms with Gasteiger partial charge in [-0.05, 0) is 6.07 Å². The zero-order valence-corrected chi connectivity index (χ0v) is 11.2. The lowest BCUT2D eigenvalue weighted by molar-refractivity contribution is -0.385. The molecule has 0 amide bonds. The third-order valence-corrected chi connectivity index (χ3v) is 4.32. The molecule has 0 spiro atoms. The summed E-state index contributed by atoms with van der Waals surface area (Å²) in [7, 11) is -4.19. The van der Waals surface area contributed by atoms with Crippen molar-refractivity contribution in [1.29, 1.82) is 0 Å². The molecule has 0 atom stereocenters. The molecule has 0 aliphatic rings. The number of benzene rings is 1. The van der Waals surface area contributed by atoms with E-state index in [1.807, 2.05) is 0 Å². The normalized spacial score (nSPS) is 11.6. The van der Waals surface area contributed by atoms with E-state index in [4.69, 9.17) is 5.11 Å². The van der Waals surface area contributed by atoms with E-state index in [-0.39, 0.29) is 13.1 Å². The largest absolute Gasteiger partial charge is 0.395 e. The SMILES string of the molecule is C=CCN(CCO)S(=O)(=O)c1ccc([N+](=O)[O-])cc1F. The Morgan fingerprint density at radius 1 is 1.50 bits per heavy atom. The fourth-order valence-corrected chi connectivity index (χ4v) is 2.96. The van der Waals surface area contributed by atoms with Gasteiger partial charge in [0.2, 0.25) is 10.0 Å². The molecule has 9 heteroatoms. The zero-order valence-electron chi connectivity index (χ0n) is 10.4. The average Bonchev–Trinajstić information content (AvgIpc) is 2.37. The molecule has 0 heterocycles. The van der Waals surface area contributed by atoms with Gasteiger partial charge in [0.25, 0.3) is 5.69 Å². The van der Waals surface area contributed by atoms with Crippen LogP contribution in [0.5, 0.6) is 0 Å². The van der Waals surface area contributed by atoms with Gasteiger partial charge in [0.15, 0.2) is 0 Å². The van der Waals surface area contributed by atoms with Crippen LogP contribution < -0.4 is 0 Å². The molecule has 1 aromatic carbocycles. The highest BCUT2D eigenvalue weighted by Crippen LogP contribution is 2.23. The monoisotopic (exact) mass is 304 g/mol. The van der Waals surface area contributed by atoms with E-state index in [1.54, 1.807) is 0 Å². The van der Waals surface area contributed by atoms with Crippen molar-refractivity contribution in [2.24, 2.45) is 0 Å². The van der Waals surface area contributed by atoms with E-state index >= 15 is 0 Å². The first-order chi connectivity index (χ1) is 9.34. The molecule has 7 nitrogen and oxygen atoms in total. The summed E-state index contributed by atoms with van der Waals surface area (Å²) in [6, 6.07) is 2.27. The first-order valence-electron chi connectivity index (χ1n) is 5.50. The quantitative estimate of drug-likeness (QED) is 0.458. The fraction of sp³-hybridized carbons (Fsp3) is 0.273. The number of nitro benzene ring substituents is 1. The van der Waals surface area contributed by atoms with Crippen molar-refractivity contribution in [1.82, 2.24) is 4.31 Å². The Bertz CT molecular complexity index is 617. The van der Waals surface area contributed by atoms with E-state index in [9.17, 15) is 22.9 Å². The molecule has 0 aliphatic heterocycles. The third kappa shape index (κ3) is 3.38. The van der Waals surface area contributed by atoms with Crippen molar-refractivity contribution in [3.05, 3.63) is 46.8 Å². The Balaban J connectivity index is 3.26. The molecule has 0 aromatic heterocycles. The Kier molecular flexibility index (Phi) is 5.31. The minimum atomic E-state index is -4.19. The maximum atomic E-state index is 13.7. The van der Waals surface area contributed by atoms with Crippen LogP contribution >= 0.6 is 0 Å². The summed E-state index contributed by atoms with van der Waals surface area (Å²) < 4.78 is 38.9. The number of aliphatic hydroxyl groups is 1. The molecule has 0 saturated heterocycles. The third-order valence-electron chi connectivity index (χ3n) is 2.43. The van der Waals surface area contributed by atoms with E-state index in [2.05, 4.69) is 6.58 Å². The Morgan fingerprint density at radius 2 is 2.15 bits per heavy atom. The number of sulfonamides is 1. The maximum absolute atomic E-state index is 13.7. The number of non-ortho nitro benzene ring substituents is 1. The number of nitrogens with zero attached hydrogens (tertiary/aromatic N) is 2. The van der Waals surface area contributed by atoms with Crippen LogP contribution in [0.15, 0.2) is 35.7 Å². The van der Waals surface area contributed by atoms with Gasteiger partial charge in [-0.2, -0.15) is 4.31 Å². The van der Waals surface area contributed by atoms with Gasteiger partial charge >= 0.3 is 0 Å². The van der Waals surface area contributed by atoms with Crippen molar-refractivity contribution in [3.8, 4) is 0 Å². The number of hydrogen-bond donors (Lipinski definition) is 1. The van der Waals surface area contributed by atoms with E-state index < -0.39 is 38.0 Å². The predicted octanol–water partition coefficient (Wildman–Crippen LogP) is 0.903. The lowest BCUT2D eigenvalue weighted by Crippen LogP contribution is -2.34. The molecular formula is C11H13FN2O5S. The standard InChI is InChI=1S/C11H13FN2O5S/c1-2-5-13(6-7-15)20(18,19)11-4-3-9(14(16)17)8-10(11)12/h2-4,8,15H,1,5-7H2. The zero-order chi connectivity index (χ0) is 15.3. The number of hydrogen-bond acceptors (Lipinski definition) is 5. The number of aliphatic hydroxyl groups excluding tert-OH is 1. The van der Waals surface area contributed by atoms with Crippen molar-refractivity contribution in [3.63, 3.8) is 0 Å². The molecule has 0 radical (unpaired) electrons. The molecular weight excluding hydrogens is 291 g/mol. The lowest BCUT2D eigenvalue weighted by Gasteiger charge is -2.19. The van der Waals surface area contributed by atoms with Crippen molar-refractivity contribution in [2.75, 3.05) is 19.7 Å². The second-order valence-electron chi connectivity index (χ2n) is 3.75. The summed E-state index contributed by atoms with van der Waals surface area (Å²) in [5, 5.41) is 19.3. The molecule has 0 bridgehead atoms. The second kappa shape index (κ2) is 6.55. The maximum Gasteiger partial charge on any atom is 0.272 e. The molecule has 0 fully saturated rings. The minimum Gasteiger partial charge on any atom is -0.395 e. The molecule has 0 saturated carbocycles. The smallest absolute Gasteiger partial charge is 0.272 e. The summed E-state index contributed by atoms with van der Waals surface area (Å²) >= 11 is 0. The predicted molar refractivity (Wildman–Crippen MR) is 69.1 cm³/mol. The molecule has 0 aliphatic carbocycles. The minimum absolute atomic E-state index is 0.112. The highest BCUT2D eigenvalue weighted by atomic mass is 32.2. The van der Waals surface area contributed by atoms with Gasteiger partial charge in [-0.3, -0.25) is 10.1 Å². The Labute approximate surface area is 115 Å². The number of rotatable bonds is 7. The molecule has 1 aromatic rings. The highest BCUT2D eigenvalue weighted by Gasteiger charge is 2.27. The summed E-state index contributed by atoms with van der Waals surface area (Å²) in [4.78, 5) is 8.98. The van der Waals surface area contributed by atoms with Gasteiger partial charge in [-0.1, -0.05) is 6.08 Å². The Morgan fingerprint density at radius 3 is 2.60 bits per heavy atom. The molecule has 1 rings (SSSR count). The Hall–Kier alpha value is -1.84. The van der Waals surface area contributed by atoms with Crippen LogP contribution in [-0.4, -0.2) is 42.4 Å². The van der Waals surface area contributed by atoms with Crippen LogP contribution in [0.4, 0.5) is 10.1 Å². The summed E-state index contributed by atoms with van der Waals surface area (Å²) in [6.45, 7) is 2.59. The van der Waals surface area contributed by atoms with Gasteiger partial charge in [-0.15, -0.1) is 6.58 Å². The van der Waals surface area contributed by atoms with E-state index in [1.165, 1.54) is 6.08 Å². The van der Waals surface area contributed by atoms with Crippen LogP contribution in [0.25, 0.3) is 0 Å². The summed E-state index contributed by atoms with van der Waals surface area (Å²) in [5.74, 6) is -1.22. The van der Waals surface area contributed by atoms with Crippen LogP contribution in [-0.2, 0) is 10.0 Å². The van der Waals surface area contributed by atoms with Gasteiger partial charge in [0, 0.05) is 19.2 Å². The molecule has 1 N–H and O–H groups in total. The van der Waals surface area contributed by atoms with Crippen LogP contribution in [0, 0.1) is 15.9 Å². The van der Waals surface area contributed by atoms with E-state index in [0.717, 1.165) is 16.4 Å². The van der Waals surface area contributed by atoms with Crippen molar-refractivity contribution in [2.45, 2.75) is 4.90 Å². The fourth-order valence-electron chi connectivity index (χ4n) is 1.52. The molecule has 0 unspecified atom stereocenters. The summed E-state index contributed by atoms with van der Waals surface area (Å²) in [5.41, 5.74) is -0.543. The topological polar surface area (TPSA) is 101 Å². The number of nitro groups is 1. The van der Waals surface area contributed by atoms with E-state index in [0.29, 0.717) is 6.07 Å². The van der Waals surface area contributed by atoms with Crippen LogP contribution in [0.2, 0.25) is 0 Å². The van der Waals surface area contributed by atoms with Crippen molar-refractivity contribution >= 4 is 15.7 Å². The van der Waals surface area contributed by atoms with Gasteiger partial charge in [-0.25, -0.2) is 12.8 Å².